The third-order valence-electron chi connectivity index (χ3n) is 1.84. The molecule has 0 radical (unpaired) electrons. The van der Waals surface area contributed by atoms with Gasteiger partial charge in [0, 0.05) is 0 Å². The molecule has 0 atom stereocenters. The summed E-state index contributed by atoms with van der Waals surface area (Å²) in [6, 6.07) is 6.36. The van der Waals surface area contributed by atoms with E-state index in [1.54, 1.807) is 12.7 Å². The fraction of sp³-hybridized carbons (Fsp3) is 0.500. The fourth-order valence-electron chi connectivity index (χ4n) is 1.14. The Bertz CT molecular complexity index is 504. The maximum absolute atomic E-state index is 11.8. The second kappa shape index (κ2) is 12.4. The van der Waals surface area contributed by atoms with Crippen LogP contribution in [0.25, 0.3) is 0 Å². The fourth-order valence-corrected chi connectivity index (χ4v) is 2.18. The normalized spacial score (nSPS) is 10.7. The summed E-state index contributed by atoms with van der Waals surface area (Å²) in [7, 11) is -5.55. The molecule has 1 rings (SSSR count). The molecule has 0 heterocycles. The van der Waals surface area contributed by atoms with Crippen molar-refractivity contribution < 1.29 is 39.7 Å². The maximum atomic E-state index is 11.8. The van der Waals surface area contributed by atoms with Crippen molar-refractivity contribution in [2.24, 2.45) is 0 Å². The molecule has 0 unspecified atom stereocenters. The Labute approximate surface area is 134 Å². The minimum Gasteiger partial charge on any atom is -0.193 e. The van der Waals surface area contributed by atoms with Gasteiger partial charge in [0.15, 0.2) is 0 Å². The average molecular weight is 379 g/mol. The van der Waals surface area contributed by atoms with Crippen LogP contribution in [0.4, 0.5) is 13.2 Å². The van der Waals surface area contributed by atoms with Crippen LogP contribution in [0.2, 0.25) is 0 Å². The largest absolute Gasteiger partial charge is 0.425 e. The molecule has 0 bridgehead atoms. The van der Waals surface area contributed by atoms with E-state index in [2.05, 4.69) is 0 Å². The van der Waals surface area contributed by atoms with Gasteiger partial charge in [-0.15, -0.1) is 12.6 Å². The Balaban J connectivity index is 0. The molecule has 0 aliphatic rings. The van der Waals surface area contributed by atoms with Crippen molar-refractivity contribution >= 4 is 18.6 Å². The zero-order valence-electron chi connectivity index (χ0n) is 12.8. The summed E-state index contributed by atoms with van der Waals surface area (Å²) in [5.74, 6) is 0. The number of halogens is 3. The van der Waals surface area contributed by atoms with Crippen LogP contribution in [0.5, 0.6) is 0 Å². The highest BCUT2D eigenvalue weighted by Gasteiger charge is 2.31. The van der Waals surface area contributed by atoms with Crippen LogP contribution in [0, 0.1) is 0 Å². The summed E-state index contributed by atoms with van der Waals surface area (Å²) in [5.41, 5.74) is -0.602. The smallest absolute Gasteiger partial charge is 0.193 e. The van der Waals surface area contributed by atoms with E-state index in [0.29, 0.717) is 13.2 Å². The molecular formula is C12H19F3O6PS+. The molecular weight excluding hydrogens is 360 g/mol. The molecule has 1 aromatic carbocycles. The molecule has 0 aromatic heterocycles. The van der Waals surface area contributed by atoms with Crippen LogP contribution < -0.4 is 0 Å². The van der Waals surface area contributed by atoms with E-state index in [4.69, 9.17) is 21.7 Å². The zero-order chi connectivity index (χ0) is 18.5. The zero-order valence-corrected chi connectivity index (χ0v) is 14.5. The van der Waals surface area contributed by atoms with E-state index in [9.17, 15) is 18.1 Å². The molecule has 134 valence electrons. The third-order valence-corrected chi connectivity index (χ3v) is 3.31. The van der Waals surface area contributed by atoms with Crippen molar-refractivity contribution in [1.29, 1.82) is 0 Å². The number of hydrogen-bond donors (Lipinski definition) is 1. The van der Waals surface area contributed by atoms with Gasteiger partial charge in [0.1, 0.15) is 6.66 Å². The Hall–Kier alpha value is -1.06. The second-order valence-electron chi connectivity index (χ2n) is 3.71. The molecule has 0 aliphatic carbocycles. The summed E-state index contributed by atoms with van der Waals surface area (Å²) < 4.78 is 70.5. The van der Waals surface area contributed by atoms with Gasteiger partial charge in [0.2, 0.25) is 0 Å². The monoisotopic (exact) mass is 379 g/mol. The van der Waals surface area contributed by atoms with Crippen LogP contribution in [-0.4, -0.2) is 37.4 Å². The topological polar surface area (TPSA) is 89.9 Å². The predicted octanol–water partition coefficient (Wildman–Crippen LogP) is 3.15. The molecule has 1 aromatic rings. The van der Waals surface area contributed by atoms with Crippen LogP contribution in [-0.2, 0) is 25.8 Å². The van der Waals surface area contributed by atoms with Crippen molar-refractivity contribution in [3.63, 3.8) is 0 Å². The highest BCUT2D eigenvalue weighted by Crippen LogP contribution is 2.52. The van der Waals surface area contributed by atoms with Gasteiger partial charge in [0.05, 0.1) is 18.8 Å². The number of benzene rings is 1. The van der Waals surface area contributed by atoms with E-state index in [1.807, 2.05) is 13.8 Å². The molecule has 0 fully saturated rings. The van der Waals surface area contributed by atoms with Gasteiger partial charge < -0.3 is 0 Å². The highest BCUT2D eigenvalue weighted by molar-refractivity contribution is 7.59. The molecule has 0 amide bonds. The lowest BCUT2D eigenvalue weighted by Crippen LogP contribution is -2.03. The maximum Gasteiger partial charge on any atom is 0.425 e. The first-order valence-corrected chi connectivity index (χ1v) is 9.26. The van der Waals surface area contributed by atoms with Gasteiger partial charge in [-0.1, -0.05) is 30.3 Å². The molecule has 0 saturated carbocycles. The number of hydrogen-bond acceptors (Lipinski definition) is 6. The molecule has 0 aliphatic heterocycles. The summed E-state index contributed by atoms with van der Waals surface area (Å²) in [6.07, 6.45) is -4.21. The predicted molar refractivity (Wildman–Crippen MR) is 79.5 cm³/mol. The highest BCUT2D eigenvalue weighted by atomic mass is 32.2. The molecule has 23 heavy (non-hydrogen) atoms. The number of rotatable bonds is 4. The summed E-state index contributed by atoms with van der Waals surface area (Å²) >= 11 is 0. The van der Waals surface area contributed by atoms with E-state index >= 15 is 0 Å². The summed E-state index contributed by atoms with van der Waals surface area (Å²) in [5, 5.41) is 0. The summed E-state index contributed by atoms with van der Waals surface area (Å²) in [6.45, 7) is 6.24. The molecule has 0 saturated heterocycles. The first-order chi connectivity index (χ1) is 10.5. The standard InChI is InChI=1S/C7H5F3.C5H14O3P.O3S/c8-7(9,10)6-4-2-1-3-5-6;1-4-7-9(3,6)8-5-2;1-4(2)3/h1-5H;6H,4-5H2,1-3H3;/q;+1;. The van der Waals surface area contributed by atoms with E-state index in [1.165, 1.54) is 12.1 Å². The van der Waals surface area contributed by atoms with Crippen molar-refractivity contribution in [2.75, 3.05) is 19.9 Å². The van der Waals surface area contributed by atoms with Crippen molar-refractivity contribution in [3.8, 4) is 0 Å². The van der Waals surface area contributed by atoms with Crippen LogP contribution in [0.15, 0.2) is 30.3 Å². The SMILES string of the molecule is CCO[P+](C)(O)OCC.FC(F)(F)c1ccccc1.O=S(=O)=O. The lowest BCUT2D eigenvalue weighted by atomic mass is 10.2. The lowest BCUT2D eigenvalue weighted by molar-refractivity contribution is -0.137. The van der Waals surface area contributed by atoms with Gasteiger partial charge in [-0.05, 0) is 13.8 Å². The molecule has 1 N–H and O–H groups in total. The Kier molecular flexibility index (Phi) is 13.0. The first kappa shape index (κ1) is 24.2. The quantitative estimate of drug-likeness (QED) is 0.809. The Morgan fingerprint density at radius 3 is 1.61 bits per heavy atom. The van der Waals surface area contributed by atoms with Gasteiger partial charge >= 0.3 is 24.7 Å². The van der Waals surface area contributed by atoms with Gasteiger partial charge in [-0.2, -0.15) is 27.1 Å². The van der Waals surface area contributed by atoms with Crippen LogP contribution in [0.1, 0.15) is 19.4 Å². The summed E-state index contributed by atoms with van der Waals surface area (Å²) in [4.78, 5) is 9.18. The van der Waals surface area contributed by atoms with E-state index in [-0.39, 0.29) is 0 Å². The molecule has 11 heteroatoms. The lowest BCUT2D eigenvalue weighted by Gasteiger charge is -2.09. The minimum atomic E-state index is -4.21. The van der Waals surface area contributed by atoms with Crippen LogP contribution >= 0.6 is 7.94 Å². The Morgan fingerprint density at radius 2 is 1.39 bits per heavy atom. The van der Waals surface area contributed by atoms with Gasteiger partial charge in [-0.25, -0.2) is 0 Å². The molecule has 6 nitrogen and oxygen atoms in total. The van der Waals surface area contributed by atoms with E-state index < -0.39 is 30.3 Å². The van der Waals surface area contributed by atoms with Crippen molar-refractivity contribution in [2.45, 2.75) is 20.0 Å². The third kappa shape index (κ3) is 17.1. The van der Waals surface area contributed by atoms with Gasteiger partial charge in [-0.3, -0.25) is 0 Å². The van der Waals surface area contributed by atoms with Gasteiger partial charge in [0.25, 0.3) is 0 Å². The molecule has 0 spiro atoms. The van der Waals surface area contributed by atoms with Crippen LogP contribution in [0.3, 0.4) is 0 Å². The minimum absolute atomic E-state index is 0.501. The number of alkyl halides is 3. The van der Waals surface area contributed by atoms with Crippen molar-refractivity contribution in [1.82, 2.24) is 0 Å². The Morgan fingerprint density at radius 1 is 1.04 bits per heavy atom. The van der Waals surface area contributed by atoms with E-state index in [0.717, 1.165) is 12.1 Å². The second-order valence-corrected chi connectivity index (χ2v) is 6.24. The first-order valence-electron chi connectivity index (χ1n) is 6.23. The average Bonchev–Trinajstić information content (AvgIpc) is 2.38. The van der Waals surface area contributed by atoms with Crippen molar-refractivity contribution in [3.05, 3.63) is 35.9 Å².